The lowest BCUT2D eigenvalue weighted by Gasteiger charge is -2.20. The lowest BCUT2D eigenvalue weighted by atomic mass is 10.1. The van der Waals surface area contributed by atoms with Crippen LogP contribution >= 0.6 is 0 Å². The van der Waals surface area contributed by atoms with Crippen LogP contribution in [0.1, 0.15) is 13.3 Å². The standard InChI is InChI=1S/C19H18F2N2O3/c1-2-26-17-6-4-3-5-16(17)23-11-12(9-18(23)24)19(25)22-15-10-13(20)7-8-14(15)21/h3-8,10,12H,2,9,11H2,1H3,(H,22,25)/t12-/m0/s1. The Kier molecular flexibility index (Phi) is 5.16. The summed E-state index contributed by atoms with van der Waals surface area (Å²) in [4.78, 5) is 26.3. The summed E-state index contributed by atoms with van der Waals surface area (Å²) in [6, 6.07) is 9.89. The largest absolute Gasteiger partial charge is 0.492 e. The third kappa shape index (κ3) is 3.66. The molecule has 0 radical (unpaired) electrons. The third-order valence-electron chi connectivity index (χ3n) is 4.14. The average molecular weight is 360 g/mol. The number of rotatable bonds is 5. The van der Waals surface area contributed by atoms with E-state index in [9.17, 15) is 18.4 Å². The molecule has 1 heterocycles. The summed E-state index contributed by atoms with van der Waals surface area (Å²) in [6.45, 7) is 2.43. The number of benzene rings is 2. The van der Waals surface area contributed by atoms with Crippen molar-refractivity contribution in [3.05, 3.63) is 54.1 Å². The molecule has 1 atom stereocenters. The van der Waals surface area contributed by atoms with Gasteiger partial charge in [-0.3, -0.25) is 9.59 Å². The van der Waals surface area contributed by atoms with E-state index >= 15 is 0 Å². The zero-order valence-corrected chi connectivity index (χ0v) is 14.2. The van der Waals surface area contributed by atoms with Crippen LogP contribution in [0.5, 0.6) is 5.75 Å². The van der Waals surface area contributed by atoms with Crippen LogP contribution in [0.2, 0.25) is 0 Å². The van der Waals surface area contributed by atoms with E-state index in [-0.39, 0.29) is 24.6 Å². The summed E-state index contributed by atoms with van der Waals surface area (Å²) >= 11 is 0. The van der Waals surface area contributed by atoms with Gasteiger partial charge in [0.1, 0.15) is 17.4 Å². The molecule has 0 bridgehead atoms. The van der Waals surface area contributed by atoms with E-state index in [2.05, 4.69) is 5.32 Å². The first-order valence-electron chi connectivity index (χ1n) is 8.27. The first kappa shape index (κ1) is 17.8. The van der Waals surface area contributed by atoms with Gasteiger partial charge in [0.2, 0.25) is 11.8 Å². The minimum atomic E-state index is -0.734. The average Bonchev–Trinajstić information content (AvgIpc) is 3.01. The van der Waals surface area contributed by atoms with Crippen molar-refractivity contribution >= 4 is 23.2 Å². The van der Waals surface area contributed by atoms with Crippen LogP contribution in [0.4, 0.5) is 20.2 Å². The molecule has 1 aliphatic rings. The molecular formula is C19H18F2N2O3. The van der Waals surface area contributed by atoms with Gasteiger partial charge < -0.3 is 15.0 Å². The van der Waals surface area contributed by atoms with Crippen molar-refractivity contribution in [3.8, 4) is 5.75 Å². The molecule has 0 saturated carbocycles. The number of carbonyl (C=O) groups is 2. The Hall–Kier alpha value is -2.96. The quantitative estimate of drug-likeness (QED) is 0.890. The summed E-state index contributed by atoms with van der Waals surface area (Å²) in [7, 11) is 0. The summed E-state index contributed by atoms with van der Waals surface area (Å²) in [6.07, 6.45) is -0.0107. The van der Waals surface area contributed by atoms with Crippen molar-refractivity contribution in [3.63, 3.8) is 0 Å². The topological polar surface area (TPSA) is 58.6 Å². The monoisotopic (exact) mass is 360 g/mol. The molecule has 5 nitrogen and oxygen atoms in total. The maximum atomic E-state index is 13.7. The molecule has 0 unspecified atom stereocenters. The number of ether oxygens (including phenoxy) is 1. The SMILES string of the molecule is CCOc1ccccc1N1C[C@@H](C(=O)Nc2cc(F)ccc2F)CC1=O. The number of para-hydroxylation sites is 2. The summed E-state index contributed by atoms with van der Waals surface area (Å²) < 4.78 is 32.5. The van der Waals surface area contributed by atoms with Crippen molar-refractivity contribution in [2.24, 2.45) is 5.92 Å². The van der Waals surface area contributed by atoms with Crippen LogP contribution in [0, 0.1) is 17.6 Å². The molecule has 3 rings (SSSR count). The van der Waals surface area contributed by atoms with Gasteiger partial charge >= 0.3 is 0 Å². The molecule has 1 aliphatic heterocycles. The fraction of sp³-hybridized carbons (Fsp3) is 0.263. The Morgan fingerprint density at radius 3 is 2.81 bits per heavy atom. The van der Waals surface area contributed by atoms with Crippen molar-refractivity contribution in [2.75, 3.05) is 23.4 Å². The molecule has 0 spiro atoms. The van der Waals surface area contributed by atoms with Crippen molar-refractivity contribution in [2.45, 2.75) is 13.3 Å². The van der Waals surface area contributed by atoms with Crippen LogP contribution in [0.15, 0.2) is 42.5 Å². The second-order valence-electron chi connectivity index (χ2n) is 5.92. The van der Waals surface area contributed by atoms with Gasteiger partial charge in [-0.25, -0.2) is 8.78 Å². The Bertz CT molecular complexity index is 841. The molecule has 2 amide bonds. The highest BCUT2D eigenvalue weighted by Gasteiger charge is 2.36. The van der Waals surface area contributed by atoms with Crippen LogP contribution < -0.4 is 15.0 Å². The normalized spacial score (nSPS) is 16.7. The Morgan fingerprint density at radius 1 is 1.27 bits per heavy atom. The first-order valence-corrected chi connectivity index (χ1v) is 8.27. The molecule has 2 aromatic rings. The number of hydrogen-bond acceptors (Lipinski definition) is 3. The van der Waals surface area contributed by atoms with E-state index in [0.29, 0.717) is 18.0 Å². The minimum absolute atomic E-state index is 0.0107. The molecule has 7 heteroatoms. The highest BCUT2D eigenvalue weighted by atomic mass is 19.1. The third-order valence-corrected chi connectivity index (χ3v) is 4.14. The van der Waals surface area contributed by atoms with Gasteiger partial charge in [-0.1, -0.05) is 12.1 Å². The molecule has 1 N–H and O–H groups in total. The van der Waals surface area contributed by atoms with Gasteiger partial charge in [-0.05, 0) is 31.2 Å². The predicted molar refractivity (Wildman–Crippen MR) is 93.1 cm³/mol. The lowest BCUT2D eigenvalue weighted by molar-refractivity contribution is -0.122. The van der Waals surface area contributed by atoms with Crippen LogP contribution in [0.25, 0.3) is 0 Å². The number of nitrogens with one attached hydrogen (secondary N) is 1. The molecule has 1 saturated heterocycles. The first-order chi connectivity index (χ1) is 12.5. The maximum Gasteiger partial charge on any atom is 0.229 e. The molecule has 136 valence electrons. The van der Waals surface area contributed by atoms with Crippen molar-refractivity contribution in [1.82, 2.24) is 0 Å². The molecule has 26 heavy (non-hydrogen) atoms. The fourth-order valence-electron chi connectivity index (χ4n) is 2.90. The van der Waals surface area contributed by atoms with Gasteiger partial charge in [-0.15, -0.1) is 0 Å². The predicted octanol–water partition coefficient (Wildman–Crippen LogP) is 3.36. The van der Waals surface area contributed by atoms with E-state index in [0.717, 1.165) is 18.2 Å². The van der Waals surface area contributed by atoms with Gasteiger partial charge in [0, 0.05) is 19.0 Å². The number of nitrogens with zero attached hydrogens (tertiary/aromatic N) is 1. The number of hydrogen-bond donors (Lipinski definition) is 1. The van der Waals surface area contributed by atoms with Crippen LogP contribution in [0.3, 0.4) is 0 Å². The summed E-state index contributed by atoms with van der Waals surface area (Å²) in [5.74, 6) is -2.25. The highest BCUT2D eigenvalue weighted by molar-refractivity contribution is 6.04. The molecular weight excluding hydrogens is 342 g/mol. The van der Waals surface area contributed by atoms with E-state index < -0.39 is 23.5 Å². The number of amides is 2. The molecule has 1 fully saturated rings. The Morgan fingerprint density at radius 2 is 2.04 bits per heavy atom. The smallest absolute Gasteiger partial charge is 0.229 e. The van der Waals surface area contributed by atoms with Crippen molar-refractivity contribution in [1.29, 1.82) is 0 Å². The van der Waals surface area contributed by atoms with E-state index in [4.69, 9.17) is 4.74 Å². The molecule has 0 aliphatic carbocycles. The zero-order valence-electron chi connectivity index (χ0n) is 14.2. The highest BCUT2D eigenvalue weighted by Crippen LogP contribution is 2.33. The summed E-state index contributed by atoms with van der Waals surface area (Å²) in [5.41, 5.74) is 0.349. The van der Waals surface area contributed by atoms with Gasteiger partial charge in [-0.2, -0.15) is 0 Å². The van der Waals surface area contributed by atoms with Crippen LogP contribution in [-0.2, 0) is 9.59 Å². The number of anilines is 2. The Labute approximate surface area is 149 Å². The van der Waals surface area contributed by atoms with Crippen molar-refractivity contribution < 1.29 is 23.1 Å². The van der Waals surface area contributed by atoms with E-state index in [1.165, 1.54) is 4.90 Å². The van der Waals surface area contributed by atoms with Gasteiger partial charge in [0.05, 0.1) is 23.9 Å². The second-order valence-corrected chi connectivity index (χ2v) is 5.92. The van der Waals surface area contributed by atoms with Gasteiger partial charge in [0.15, 0.2) is 0 Å². The van der Waals surface area contributed by atoms with E-state index in [1.807, 2.05) is 6.92 Å². The molecule has 0 aromatic heterocycles. The number of carbonyl (C=O) groups excluding carboxylic acids is 2. The number of halogens is 2. The van der Waals surface area contributed by atoms with Crippen LogP contribution in [-0.4, -0.2) is 25.0 Å². The minimum Gasteiger partial charge on any atom is -0.492 e. The maximum absolute atomic E-state index is 13.7. The molecule has 2 aromatic carbocycles. The van der Waals surface area contributed by atoms with E-state index in [1.54, 1.807) is 24.3 Å². The Balaban J connectivity index is 1.75. The summed E-state index contributed by atoms with van der Waals surface area (Å²) in [5, 5.41) is 2.36. The van der Waals surface area contributed by atoms with Gasteiger partial charge in [0.25, 0.3) is 0 Å². The zero-order chi connectivity index (χ0) is 18.7. The fourth-order valence-corrected chi connectivity index (χ4v) is 2.90. The lowest BCUT2D eigenvalue weighted by Crippen LogP contribution is -2.28. The second kappa shape index (κ2) is 7.51.